The van der Waals surface area contributed by atoms with Crippen LogP contribution < -0.4 is 5.32 Å². The van der Waals surface area contributed by atoms with E-state index in [2.05, 4.69) is 31.2 Å². The molecule has 1 N–H and O–H groups in total. The molecule has 0 aliphatic rings. The molecule has 0 saturated heterocycles. The molecule has 120 valence electrons. The Hall–Kier alpha value is -1.47. The Morgan fingerprint density at radius 2 is 2.18 bits per heavy atom. The zero-order valence-corrected chi connectivity index (χ0v) is 14.9. The Balaban J connectivity index is 2.40. The van der Waals surface area contributed by atoms with Crippen LogP contribution in [-0.4, -0.2) is 32.6 Å². The van der Waals surface area contributed by atoms with Crippen LogP contribution in [0.15, 0.2) is 17.0 Å². The van der Waals surface area contributed by atoms with Gasteiger partial charge >= 0.3 is 0 Å². The molecule has 6 nitrogen and oxygen atoms in total. The lowest BCUT2D eigenvalue weighted by Gasteiger charge is -2.19. The standard InChI is InChI=1S/C15H21BrN4O2/c1-5-6-22-9-20-8-10(14(21)19-15(2,3)4)12-13(20)17-7-11(16)18-12/h7-8H,5-6,9H2,1-4H3,(H,19,21). The molecule has 2 aromatic rings. The van der Waals surface area contributed by atoms with Gasteiger partial charge in [-0.05, 0) is 43.1 Å². The highest BCUT2D eigenvalue weighted by Gasteiger charge is 2.21. The Morgan fingerprint density at radius 3 is 2.82 bits per heavy atom. The normalized spacial score (nSPS) is 11.9. The molecule has 0 radical (unpaired) electrons. The second-order valence-corrected chi connectivity index (χ2v) is 6.93. The predicted molar refractivity (Wildman–Crippen MR) is 88.7 cm³/mol. The number of carbonyl (C=O) groups is 1. The summed E-state index contributed by atoms with van der Waals surface area (Å²) in [4.78, 5) is 21.2. The van der Waals surface area contributed by atoms with Crippen LogP contribution in [0.1, 0.15) is 44.5 Å². The van der Waals surface area contributed by atoms with Gasteiger partial charge in [0.2, 0.25) is 0 Å². The van der Waals surface area contributed by atoms with Gasteiger partial charge in [-0.2, -0.15) is 0 Å². The van der Waals surface area contributed by atoms with Crippen molar-refractivity contribution in [1.29, 1.82) is 0 Å². The molecule has 0 unspecified atom stereocenters. The molecule has 1 amide bonds. The molecule has 2 rings (SSSR count). The summed E-state index contributed by atoms with van der Waals surface area (Å²) < 4.78 is 7.95. The second-order valence-electron chi connectivity index (χ2n) is 6.12. The number of nitrogens with one attached hydrogen (secondary N) is 1. The molecule has 0 atom stereocenters. The number of carbonyl (C=O) groups excluding carboxylic acids is 1. The quantitative estimate of drug-likeness (QED) is 0.823. The number of amides is 1. The molecule has 0 aromatic carbocycles. The summed E-state index contributed by atoms with van der Waals surface area (Å²) >= 11 is 3.30. The van der Waals surface area contributed by atoms with Crippen LogP contribution >= 0.6 is 15.9 Å². The lowest BCUT2D eigenvalue weighted by Crippen LogP contribution is -2.40. The molecule has 7 heteroatoms. The molecule has 22 heavy (non-hydrogen) atoms. The van der Waals surface area contributed by atoms with Crippen molar-refractivity contribution in [1.82, 2.24) is 19.9 Å². The third-order valence-electron chi connectivity index (χ3n) is 2.85. The van der Waals surface area contributed by atoms with E-state index in [1.807, 2.05) is 32.3 Å². The fraction of sp³-hybridized carbons (Fsp3) is 0.533. The molecular formula is C15H21BrN4O2. The van der Waals surface area contributed by atoms with Crippen molar-refractivity contribution in [3.63, 3.8) is 0 Å². The number of halogens is 1. The summed E-state index contributed by atoms with van der Waals surface area (Å²) in [5.74, 6) is -0.167. The largest absolute Gasteiger partial charge is 0.361 e. The topological polar surface area (TPSA) is 69.0 Å². The minimum atomic E-state index is -0.316. The monoisotopic (exact) mass is 368 g/mol. The van der Waals surface area contributed by atoms with Gasteiger partial charge in [-0.3, -0.25) is 4.79 Å². The Morgan fingerprint density at radius 1 is 1.45 bits per heavy atom. The summed E-state index contributed by atoms with van der Waals surface area (Å²) in [5, 5.41) is 2.95. The Bertz CT molecular complexity index is 676. The fourth-order valence-electron chi connectivity index (χ4n) is 2.01. The maximum atomic E-state index is 12.5. The van der Waals surface area contributed by atoms with Gasteiger partial charge in [0.15, 0.2) is 5.65 Å². The minimum absolute atomic E-state index is 0.167. The Kier molecular flexibility index (Phi) is 5.18. The van der Waals surface area contributed by atoms with Crippen LogP contribution in [0.5, 0.6) is 0 Å². The summed E-state index contributed by atoms with van der Waals surface area (Å²) in [5.41, 5.74) is 1.39. The van der Waals surface area contributed by atoms with Crippen LogP contribution in [0.25, 0.3) is 11.2 Å². The highest BCUT2D eigenvalue weighted by atomic mass is 79.9. The van der Waals surface area contributed by atoms with E-state index in [1.165, 1.54) is 0 Å². The van der Waals surface area contributed by atoms with E-state index < -0.39 is 0 Å². The zero-order chi connectivity index (χ0) is 16.3. The highest BCUT2D eigenvalue weighted by molar-refractivity contribution is 9.10. The lowest BCUT2D eigenvalue weighted by molar-refractivity contribution is 0.0797. The van der Waals surface area contributed by atoms with Crippen LogP contribution in [0.3, 0.4) is 0 Å². The smallest absolute Gasteiger partial charge is 0.255 e. The number of aromatic nitrogens is 3. The average molecular weight is 369 g/mol. The van der Waals surface area contributed by atoms with Crippen LogP contribution in [0, 0.1) is 0 Å². The molecule has 0 saturated carbocycles. The molecule has 0 bridgehead atoms. The first-order valence-corrected chi connectivity index (χ1v) is 8.02. The van der Waals surface area contributed by atoms with Crippen LogP contribution in [-0.2, 0) is 11.5 Å². The Labute approximate surface area is 138 Å². The molecule has 0 aliphatic heterocycles. The van der Waals surface area contributed by atoms with Crippen molar-refractivity contribution in [2.75, 3.05) is 6.61 Å². The van der Waals surface area contributed by atoms with Crippen molar-refractivity contribution >= 4 is 33.0 Å². The first-order chi connectivity index (χ1) is 10.3. The predicted octanol–water partition coefficient (Wildman–Crippen LogP) is 3.11. The van der Waals surface area contributed by atoms with E-state index >= 15 is 0 Å². The second kappa shape index (κ2) is 6.75. The van der Waals surface area contributed by atoms with Gasteiger partial charge in [-0.25, -0.2) is 9.97 Å². The average Bonchev–Trinajstić information content (AvgIpc) is 2.75. The van der Waals surface area contributed by atoms with E-state index in [4.69, 9.17) is 4.74 Å². The first kappa shape index (κ1) is 16.9. The van der Waals surface area contributed by atoms with Crippen molar-refractivity contribution in [2.45, 2.75) is 46.4 Å². The van der Waals surface area contributed by atoms with Crippen molar-refractivity contribution in [2.24, 2.45) is 0 Å². The van der Waals surface area contributed by atoms with Gasteiger partial charge in [0, 0.05) is 18.3 Å². The molecule has 2 aromatic heterocycles. The van der Waals surface area contributed by atoms with Gasteiger partial charge in [0.25, 0.3) is 5.91 Å². The molecule has 2 heterocycles. The van der Waals surface area contributed by atoms with Gasteiger partial charge < -0.3 is 14.6 Å². The van der Waals surface area contributed by atoms with Gasteiger partial charge in [0.1, 0.15) is 16.9 Å². The third kappa shape index (κ3) is 4.04. The van der Waals surface area contributed by atoms with E-state index in [0.717, 1.165) is 6.42 Å². The first-order valence-electron chi connectivity index (χ1n) is 7.23. The minimum Gasteiger partial charge on any atom is -0.361 e. The number of ether oxygens (including phenoxy) is 1. The van der Waals surface area contributed by atoms with E-state index in [-0.39, 0.29) is 11.4 Å². The van der Waals surface area contributed by atoms with Crippen LogP contribution in [0.4, 0.5) is 0 Å². The molecular weight excluding hydrogens is 348 g/mol. The van der Waals surface area contributed by atoms with Crippen molar-refractivity contribution in [3.8, 4) is 0 Å². The van der Waals surface area contributed by atoms with E-state index in [1.54, 1.807) is 12.4 Å². The summed E-state index contributed by atoms with van der Waals surface area (Å²) in [7, 11) is 0. The van der Waals surface area contributed by atoms with E-state index in [9.17, 15) is 4.79 Å². The number of hydrogen-bond acceptors (Lipinski definition) is 4. The third-order valence-corrected chi connectivity index (χ3v) is 3.23. The molecule has 0 aliphatic carbocycles. The number of nitrogens with zero attached hydrogens (tertiary/aromatic N) is 3. The lowest BCUT2D eigenvalue weighted by atomic mass is 10.1. The SMILES string of the molecule is CCCOCn1cc(C(=O)NC(C)(C)C)c2nc(Br)cnc21. The van der Waals surface area contributed by atoms with Gasteiger partial charge in [-0.1, -0.05) is 6.92 Å². The summed E-state index contributed by atoms with van der Waals surface area (Å²) in [6, 6.07) is 0. The summed E-state index contributed by atoms with van der Waals surface area (Å²) in [6.07, 6.45) is 4.30. The van der Waals surface area contributed by atoms with E-state index in [0.29, 0.717) is 34.7 Å². The number of hydrogen-bond donors (Lipinski definition) is 1. The molecule has 0 spiro atoms. The van der Waals surface area contributed by atoms with Crippen molar-refractivity contribution in [3.05, 3.63) is 22.6 Å². The van der Waals surface area contributed by atoms with Gasteiger partial charge in [-0.15, -0.1) is 0 Å². The highest BCUT2D eigenvalue weighted by Crippen LogP contribution is 2.20. The zero-order valence-electron chi connectivity index (χ0n) is 13.3. The van der Waals surface area contributed by atoms with Crippen LogP contribution in [0.2, 0.25) is 0 Å². The number of rotatable bonds is 5. The van der Waals surface area contributed by atoms with Crippen molar-refractivity contribution < 1.29 is 9.53 Å². The maximum Gasteiger partial charge on any atom is 0.255 e. The summed E-state index contributed by atoms with van der Waals surface area (Å²) in [6.45, 7) is 8.88. The van der Waals surface area contributed by atoms with Gasteiger partial charge in [0.05, 0.1) is 11.8 Å². The molecule has 0 fully saturated rings. The maximum absolute atomic E-state index is 12.5. The fourth-order valence-corrected chi connectivity index (χ4v) is 2.29. The number of fused-ring (bicyclic) bond motifs is 1.